The Morgan fingerprint density at radius 3 is 2.62 bits per heavy atom. The summed E-state index contributed by atoms with van der Waals surface area (Å²) in [5, 5.41) is 9.45. The van der Waals surface area contributed by atoms with Gasteiger partial charge in [-0.2, -0.15) is 0 Å². The fourth-order valence-electron chi connectivity index (χ4n) is 0.394. The molecule has 0 unspecified atom stereocenters. The molecule has 0 bridgehead atoms. The van der Waals surface area contributed by atoms with Crippen LogP contribution >= 0.6 is 11.3 Å². The van der Waals surface area contributed by atoms with Crippen LogP contribution in [-0.4, -0.2) is 10.2 Å². The summed E-state index contributed by atoms with van der Waals surface area (Å²) in [7, 11) is 0. The summed E-state index contributed by atoms with van der Waals surface area (Å²) in [5.74, 6) is 0. The van der Waals surface area contributed by atoms with Crippen molar-refractivity contribution >= 4 is 17.4 Å². The van der Waals surface area contributed by atoms with Crippen molar-refractivity contribution in [1.29, 1.82) is 0 Å². The average molecular weight is 126 g/mol. The lowest BCUT2D eigenvalue weighted by Gasteiger charge is -1.68. The van der Waals surface area contributed by atoms with Crippen LogP contribution < -0.4 is 0 Å². The van der Waals surface area contributed by atoms with E-state index < -0.39 is 0 Å². The van der Waals surface area contributed by atoms with Crippen LogP contribution in [0.25, 0.3) is 6.08 Å². The minimum Gasteiger partial charge on any atom is -0.144 e. The monoisotopic (exact) mass is 126 g/mol. The molecule has 0 aliphatic carbocycles. The van der Waals surface area contributed by atoms with Gasteiger partial charge in [0.2, 0.25) is 0 Å². The zero-order chi connectivity index (χ0) is 5.98. The molecule has 1 aromatic heterocycles. The molecule has 0 amide bonds. The Hall–Kier alpha value is -0.700. The molecule has 0 fully saturated rings. The quantitative estimate of drug-likeness (QED) is 0.569. The van der Waals surface area contributed by atoms with Gasteiger partial charge < -0.3 is 0 Å². The molecule has 0 aromatic carbocycles. The van der Waals surface area contributed by atoms with Gasteiger partial charge in [0.1, 0.15) is 10.0 Å². The summed E-state index contributed by atoms with van der Waals surface area (Å²) in [5.41, 5.74) is 0. The number of nitrogens with zero attached hydrogens (tertiary/aromatic N) is 2. The van der Waals surface area contributed by atoms with Gasteiger partial charge in [0, 0.05) is 0 Å². The Labute approximate surface area is 51.9 Å². The molecule has 0 saturated carbocycles. The molecule has 1 aromatic rings. The van der Waals surface area contributed by atoms with Crippen LogP contribution in [-0.2, 0) is 0 Å². The van der Waals surface area contributed by atoms with Crippen LogP contribution in [0.15, 0.2) is 6.58 Å². The van der Waals surface area contributed by atoms with Gasteiger partial charge in [-0.1, -0.05) is 17.9 Å². The minimum atomic E-state index is 0.891. The van der Waals surface area contributed by atoms with E-state index in [1.807, 2.05) is 6.92 Å². The molecule has 0 N–H and O–H groups in total. The number of hydrogen-bond acceptors (Lipinski definition) is 3. The molecular weight excluding hydrogens is 120 g/mol. The fourth-order valence-corrected chi connectivity index (χ4v) is 0.944. The second-order valence-electron chi connectivity index (χ2n) is 1.36. The van der Waals surface area contributed by atoms with Crippen LogP contribution in [0.1, 0.15) is 10.0 Å². The summed E-state index contributed by atoms with van der Waals surface area (Å²) in [6.45, 7) is 5.47. The maximum atomic E-state index is 3.78. The van der Waals surface area contributed by atoms with Gasteiger partial charge in [-0.25, -0.2) is 0 Å². The first-order valence-electron chi connectivity index (χ1n) is 2.25. The lowest BCUT2D eigenvalue weighted by atomic mass is 10.7. The van der Waals surface area contributed by atoms with Gasteiger partial charge >= 0.3 is 0 Å². The third-order valence-electron chi connectivity index (χ3n) is 0.716. The summed E-state index contributed by atoms with van der Waals surface area (Å²) < 4.78 is 0. The Balaban J connectivity index is 3.00. The zero-order valence-electron chi connectivity index (χ0n) is 4.59. The van der Waals surface area contributed by atoms with Crippen molar-refractivity contribution in [3.63, 3.8) is 0 Å². The van der Waals surface area contributed by atoms with E-state index in [-0.39, 0.29) is 0 Å². The van der Waals surface area contributed by atoms with Crippen LogP contribution in [0.3, 0.4) is 0 Å². The van der Waals surface area contributed by atoms with Crippen molar-refractivity contribution in [1.82, 2.24) is 10.2 Å². The standard InChI is InChI=1S/C5H6N2S/c1-3-5-7-6-4(2)8-5/h3H,1H2,2H3. The maximum Gasteiger partial charge on any atom is 0.139 e. The molecule has 0 spiro atoms. The van der Waals surface area contributed by atoms with Crippen LogP contribution in [0.5, 0.6) is 0 Å². The average Bonchev–Trinajstić information content (AvgIpc) is 2.14. The first-order chi connectivity index (χ1) is 3.83. The highest BCUT2D eigenvalue weighted by atomic mass is 32.1. The molecule has 42 valence electrons. The SMILES string of the molecule is C=Cc1nnc(C)s1. The van der Waals surface area contributed by atoms with E-state index in [2.05, 4.69) is 16.8 Å². The van der Waals surface area contributed by atoms with E-state index in [9.17, 15) is 0 Å². The fraction of sp³-hybridized carbons (Fsp3) is 0.200. The highest BCUT2D eigenvalue weighted by molar-refractivity contribution is 7.12. The summed E-state index contributed by atoms with van der Waals surface area (Å²) >= 11 is 1.55. The zero-order valence-corrected chi connectivity index (χ0v) is 5.40. The number of aryl methyl sites for hydroxylation is 1. The van der Waals surface area contributed by atoms with Crippen molar-refractivity contribution in [2.24, 2.45) is 0 Å². The van der Waals surface area contributed by atoms with Crippen LogP contribution in [0.4, 0.5) is 0 Å². The number of hydrogen-bond donors (Lipinski definition) is 0. The Morgan fingerprint density at radius 1 is 1.62 bits per heavy atom. The van der Waals surface area contributed by atoms with Gasteiger partial charge in [-0.05, 0) is 13.0 Å². The second kappa shape index (κ2) is 2.05. The summed E-state index contributed by atoms with van der Waals surface area (Å²) in [6, 6.07) is 0. The minimum absolute atomic E-state index is 0.891. The molecule has 0 radical (unpaired) electrons. The Morgan fingerprint density at radius 2 is 2.38 bits per heavy atom. The number of rotatable bonds is 1. The van der Waals surface area contributed by atoms with E-state index in [4.69, 9.17) is 0 Å². The molecule has 2 nitrogen and oxygen atoms in total. The topological polar surface area (TPSA) is 25.8 Å². The molecule has 0 aliphatic heterocycles. The smallest absolute Gasteiger partial charge is 0.139 e. The van der Waals surface area contributed by atoms with Crippen molar-refractivity contribution < 1.29 is 0 Å². The molecule has 8 heavy (non-hydrogen) atoms. The van der Waals surface area contributed by atoms with Gasteiger partial charge in [0.25, 0.3) is 0 Å². The molecule has 1 rings (SSSR count). The normalized spacial score (nSPS) is 9.12. The highest BCUT2D eigenvalue weighted by Crippen LogP contribution is 2.07. The molecule has 0 aliphatic rings. The molecule has 0 saturated heterocycles. The first-order valence-corrected chi connectivity index (χ1v) is 3.07. The maximum absolute atomic E-state index is 3.78. The molecular formula is C5H6N2S. The molecule has 1 heterocycles. The third kappa shape index (κ3) is 0.924. The van der Waals surface area contributed by atoms with E-state index in [0.29, 0.717) is 0 Å². The summed E-state index contributed by atoms with van der Waals surface area (Å²) in [6.07, 6.45) is 1.70. The number of aromatic nitrogens is 2. The van der Waals surface area contributed by atoms with Crippen molar-refractivity contribution in [3.05, 3.63) is 16.6 Å². The highest BCUT2D eigenvalue weighted by Gasteiger charge is 1.90. The lowest BCUT2D eigenvalue weighted by molar-refractivity contribution is 1.04. The van der Waals surface area contributed by atoms with Crippen molar-refractivity contribution in [2.75, 3.05) is 0 Å². The Kier molecular flexibility index (Phi) is 1.39. The van der Waals surface area contributed by atoms with E-state index in [1.165, 1.54) is 0 Å². The Bertz CT molecular complexity index is 192. The van der Waals surface area contributed by atoms with Gasteiger partial charge in [-0.15, -0.1) is 10.2 Å². The van der Waals surface area contributed by atoms with Crippen LogP contribution in [0.2, 0.25) is 0 Å². The predicted molar refractivity (Wildman–Crippen MR) is 34.7 cm³/mol. The van der Waals surface area contributed by atoms with Crippen LogP contribution in [0, 0.1) is 6.92 Å². The van der Waals surface area contributed by atoms with Gasteiger partial charge in [-0.3, -0.25) is 0 Å². The second-order valence-corrected chi connectivity index (χ2v) is 2.58. The first kappa shape index (κ1) is 5.44. The van der Waals surface area contributed by atoms with E-state index in [1.54, 1.807) is 17.4 Å². The molecule has 3 heteroatoms. The third-order valence-corrected chi connectivity index (χ3v) is 1.55. The predicted octanol–water partition coefficient (Wildman–Crippen LogP) is 1.49. The van der Waals surface area contributed by atoms with Gasteiger partial charge in [0.05, 0.1) is 0 Å². The van der Waals surface area contributed by atoms with Crippen molar-refractivity contribution in [2.45, 2.75) is 6.92 Å². The van der Waals surface area contributed by atoms with Gasteiger partial charge in [0.15, 0.2) is 0 Å². The lowest BCUT2D eigenvalue weighted by Crippen LogP contribution is -1.68. The molecule has 0 atom stereocenters. The van der Waals surface area contributed by atoms with E-state index in [0.717, 1.165) is 10.0 Å². The van der Waals surface area contributed by atoms with E-state index >= 15 is 0 Å². The largest absolute Gasteiger partial charge is 0.144 e. The van der Waals surface area contributed by atoms with Crippen molar-refractivity contribution in [3.8, 4) is 0 Å². The summed E-state index contributed by atoms with van der Waals surface area (Å²) in [4.78, 5) is 0.